The Kier molecular flexibility index (Phi) is 5.41. The minimum atomic E-state index is -0.169. The molecule has 0 unspecified atom stereocenters. The van der Waals surface area contributed by atoms with Crippen LogP contribution in [0.2, 0.25) is 0 Å². The number of anilines is 2. The van der Waals surface area contributed by atoms with E-state index in [2.05, 4.69) is 5.32 Å². The van der Waals surface area contributed by atoms with E-state index in [4.69, 9.17) is 5.73 Å². The third-order valence-electron chi connectivity index (χ3n) is 5.66. The Morgan fingerprint density at radius 2 is 1.81 bits per heavy atom. The van der Waals surface area contributed by atoms with Gasteiger partial charge in [0.2, 0.25) is 17.7 Å². The average Bonchev–Trinajstić information content (AvgIpc) is 2.94. The highest BCUT2D eigenvalue weighted by Crippen LogP contribution is 2.38. The Balaban J connectivity index is 1.68. The lowest BCUT2D eigenvalue weighted by Crippen LogP contribution is -2.36. The van der Waals surface area contributed by atoms with Crippen LogP contribution in [0.1, 0.15) is 56.9 Å². The van der Waals surface area contributed by atoms with Gasteiger partial charge in [0, 0.05) is 24.9 Å². The molecule has 3 amide bonds. The Bertz CT molecular complexity index is 707. The maximum Gasteiger partial charge on any atom is 0.234 e. The zero-order valence-corrected chi connectivity index (χ0v) is 15.3. The van der Waals surface area contributed by atoms with E-state index in [-0.39, 0.29) is 36.0 Å². The number of nitrogens with one attached hydrogen (secondary N) is 1. The summed E-state index contributed by atoms with van der Waals surface area (Å²) in [4.78, 5) is 37.6. The van der Waals surface area contributed by atoms with Crippen LogP contribution in [-0.2, 0) is 14.4 Å². The maximum absolute atomic E-state index is 12.5. The molecule has 6 heteroatoms. The molecule has 3 rings (SSSR count). The van der Waals surface area contributed by atoms with Crippen LogP contribution in [0.4, 0.5) is 11.4 Å². The molecule has 0 radical (unpaired) electrons. The molecule has 1 aromatic rings. The summed E-state index contributed by atoms with van der Waals surface area (Å²) >= 11 is 0. The molecular weight excluding hydrogens is 330 g/mol. The van der Waals surface area contributed by atoms with Gasteiger partial charge < -0.3 is 11.1 Å². The average molecular weight is 357 g/mol. The van der Waals surface area contributed by atoms with Crippen molar-refractivity contribution in [3.05, 3.63) is 23.8 Å². The smallest absolute Gasteiger partial charge is 0.234 e. The SMILES string of the molecule is Cc1cc(NC(=O)CC2(CN)CCCCC2)ccc1N1C(=O)CCC1=O. The molecule has 26 heavy (non-hydrogen) atoms. The second kappa shape index (κ2) is 7.58. The topological polar surface area (TPSA) is 92.5 Å². The molecule has 2 aliphatic rings. The van der Waals surface area contributed by atoms with Crippen molar-refractivity contribution in [3.63, 3.8) is 0 Å². The predicted octanol–water partition coefficient (Wildman–Crippen LogP) is 2.89. The van der Waals surface area contributed by atoms with Crippen molar-refractivity contribution >= 4 is 29.1 Å². The molecule has 6 nitrogen and oxygen atoms in total. The molecule has 1 heterocycles. The molecule has 0 atom stereocenters. The molecule has 2 fully saturated rings. The van der Waals surface area contributed by atoms with Crippen LogP contribution in [0.25, 0.3) is 0 Å². The van der Waals surface area contributed by atoms with Crippen LogP contribution >= 0.6 is 0 Å². The first-order chi connectivity index (χ1) is 12.4. The van der Waals surface area contributed by atoms with Gasteiger partial charge in [0.1, 0.15) is 0 Å². The molecule has 140 valence electrons. The zero-order valence-electron chi connectivity index (χ0n) is 15.3. The van der Waals surface area contributed by atoms with Crippen molar-refractivity contribution in [1.82, 2.24) is 0 Å². The van der Waals surface area contributed by atoms with Gasteiger partial charge in [-0.3, -0.25) is 19.3 Å². The number of carbonyl (C=O) groups is 3. The highest BCUT2D eigenvalue weighted by atomic mass is 16.2. The summed E-state index contributed by atoms with van der Waals surface area (Å²) in [7, 11) is 0. The Morgan fingerprint density at radius 3 is 2.38 bits per heavy atom. The normalized spacial score (nSPS) is 19.7. The van der Waals surface area contributed by atoms with Gasteiger partial charge in [-0.1, -0.05) is 19.3 Å². The standard InChI is InChI=1S/C20H27N3O3/c1-14-11-15(5-6-16(14)23-18(25)7-8-19(23)26)22-17(24)12-20(13-21)9-3-2-4-10-20/h5-6,11H,2-4,7-10,12-13,21H2,1H3,(H,22,24). The fraction of sp³-hybridized carbons (Fsp3) is 0.550. The van der Waals surface area contributed by atoms with Crippen molar-refractivity contribution in [2.24, 2.45) is 11.1 Å². The first-order valence-corrected chi connectivity index (χ1v) is 9.40. The summed E-state index contributed by atoms with van der Waals surface area (Å²) in [6.07, 6.45) is 6.47. The number of aryl methyl sites for hydroxylation is 1. The second-order valence-corrected chi connectivity index (χ2v) is 7.61. The maximum atomic E-state index is 12.5. The fourth-order valence-electron chi connectivity index (χ4n) is 4.13. The van der Waals surface area contributed by atoms with Crippen molar-refractivity contribution in [2.75, 3.05) is 16.8 Å². The Labute approximate surface area is 154 Å². The number of amides is 3. The monoisotopic (exact) mass is 357 g/mol. The van der Waals surface area contributed by atoms with Gasteiger partial charge in [0.15, 0.2) is 0 Å². The summed E-state index contributed by atoms with van der Waals surface area (Å²) in [6.45, 7) is 2.38. The number of carbonyl (C=O) groups excluding carboxylic acids is 3. The molecule has 1 aliphatic heterocycles. The lowest BCUT2D eigenvalue weighted by Gasteiger charge is -2.35. The summed E-state index contributed by atoms with van der Waals surface area (Å²) in [6, 6.07) is 5.28. The number of nitrogens with zero attached hydrogens (tertiary/aromatic N) is 1. The summed E-state index contributed by atoms with van der Waals surface area (Å²) < 4.78 is 0. The molecule has 0 aromatic heterocycles. The van der Waals surface area contributed by atoms with E-state index in [0.717, 1.165) is 31.2 Å². The van der Waals surface area contributed by atoms with Crippen molar-refractivity contribution in [3.8, 4) is 0 Å². The molecule has 1 aromatic carbocycles. The van der Waals surface area contributed by atoms with Gasteiger partial charge in [-0.05, 0) is 55.5 Å². The van der Waals surface area contributed by atoms with E-state index in [0.29, 0.717) is 24.3 Å². The van der Waals surface area contributed by atoms with Crippen LogP contribution in [0.15, 0.2) is 18.2 Å². The van der Waals surface area contributed by atoms with E-state index in [1.54, 1.807) is 12.1 Å². The minimum absolute atomic E-state index is 0.0298. The minimum Gasteiger partial charge on any atom is -0.330 e. The third kappa shape index (κ3) is 3.80. The lowest BCUT2D eigenvalue weighted by molar-refractivity contribution is -0.121. The van der Waals surface area contributed by atoms with E-state index >= 15 is 0 Å². The molecule has 0 bridgehead atoms. The van der Waals surface area contributed by atoms with Crippen molar-refractivity contribution in [2.45, 2.75) is 58.3 Å². The van der Waals surface area contributed by atoms with Crippen LogP contribution in [-0.4, -0.2) is 24.3 Å². The van der Waals surface area contributed by atoms with E-state index < -0.39 is 0 Å². The number of imide groups is 1. The number of hydrogen-bond acceptors (Lipinski definition) is 4. The quantitative estimate of drug-likeness (QED) is 0.793. The number of hydrogen-bond donors (Lipinski definition) is 2. The molecule has 1 saturated heterocycles. The Morgan fingerprint density at radius 1 is 1.15 bits per heavy atom. The van der Waals surface area contributed by atoms with E-state index in [9.17, 15) is 14.4 Å². The predicted molar refractivity (Wildman–Crippen MR) is 101 cm³/mol. The largest absolute Gasteiger partial charge is 0.330 e. The van der Waals surface area contributed by atoms with Crippen LogP contribution in [0.5, 0.6) is 0 Å². The number of rotatable bonds is 5. The van der Waals surface area contributed by atoms with Crippen molar-refractivity contribution in [1.29, 1.82) is 0 Å². The summed E-state index contributed by atoms with van der Waals surface area (Å²) in [5, 5.41) is 2.95. The van der Waals surface area contributed by atoms with Gasteiger partial charge in [-0.15, -0.1) is 0 Å². The first kappa shape index (κ1) is 18.6. The van der Waals surface area contributed by atoms with Gasteiger partial charge in [-0.25, -0.2) is 0 Å². The van der Waals surface area contributed by atoms with Crippen LogP contribution in [0, 0.1) is 12.3 Å². The molecule has 1 saturated carbocycles. The van der Waals surface area contributed by atoms with Gasteiger partial charge >= 0.3 is 0 Å². The zero-order chi connectivity index (χ0) is 18.7. The van der Waals surface area contributed by atoms with Gasteiger partial charge in [0.05, 0.1) is 5.69 Å². The van der Waals surface area contributed by atoms with E-state index in [1.165, 1.54) is 11.3 Å². The first-order valence-electron chi connectivity index (χ1n) is 9.40. The van der Waals surface area contributed by atoms with Crippen LogP contribution < -0.4 is 16.0 Å². The van der Waals surface area contributed by atoms with Crippen molar-refractivity contribution < 1.29 is 14.4 Å². The summed E-state index contributed by atoms with van der Waals surface area (Å²) in [5.74, 6) is -0.369. The van der Waals surface area contributed by atoms with Crippen LogP contribution in [0.3, 0.4) is 0 Å². The molecular formula is C20H27N3O3. The fourth-order valence-corrected chi connectivity index (χ4v) is 4.13. The van der Waals surface area contributed by atoms with Gasteiger partial charge in [-0.2, -0.15) is 0 Å². The number of benzene rings is 1. The second-order valence-electron chi connectivity index (χ2n) is 7.61. The highest BCUT2D eigenvalue weighted by molar-refractivity contribution is 6.20. The Hall–Kier alpha value is -2.21. The van der Waals surface area contributed by atoms with E-state index in [1.807, 2.05) is 13.0 Å². The molecule has 0 spiro atoms. The third-order valence-corrected chi connectivity index (χ3v) is 5.66. The lowest BCUT2D eigenvalue weighted by atomic mass is 9.71. The van der Waals surface area contributed by atoms with Gasteiger partial charge in [0.25, 0.3) is 0 Å². The number of nitrogens with two attached hydrogens (primary N) is 1. The molecule has 1 aliphatic carbocycles. The highest BCUT2D eigenvalue weighted by Gasteiger charge is 2.33. The summed E-state index contributed by atoms with van der Waals surface area (Å²) in [5.41, 5.74) is 7.96. The molecule has 3 N–H and O–H groups in total.